The Labute approximate surface area is 93.2 Å². The van der Waals surface area contributed by atoms with Crippen molar-refractivity contribution in [3.8, 4) is 0 Å². The third kappa shape index (κ3) is 1.31. The van der Waals surface area contributed by atoms with Gasteiger partial charge in [-0.05, 0) is 24.5 Å². The zero-order valence-electron chi connectivity index (χ0n) is 8.73. The predicted molar refractivity (Wildman–Crippen MR) is 59.0 cm³/mol. The molecule has 0 spiro atoms. The Morgan fingerprint density at radius 2 is 2.38 bits per heavy atom. The molecule has 3 aliphatic rings. The van der Waals surface area contributed by atoms with Crippen molar-refractivity contribution in [3.05, 3.63) is 46.8 Å². The van der Waals surface area contributed by atoms with E-state index in [-0.39, 0.29) is 0 Å². The van der Waals surface area contributed by atoms with Gasteiger partial charge in [0.1, 0.15) is 0 Å². The van der Waals surface area contributed by atoms with Gasteiger partial charge >= 0.3 is 5.97 Å². The van der Waals surface area contributed by atoms with Crippen LogP contribution in [0.2, 0.25) is 0 Å². The van der Waals surface area contributed by atoms with Gasteiger partial charge in [-0.3, -0.25) is 5.01 Å². The number of nitrogens with zero attached hydrogens (tertiary/aromatic N) is 1. The highest BCUT2D eigenvalue weighted by Gasteiger charge is 2.27. The van der Waals surface area contributed by atoms with E-state index in [0.717, 1.165) is 30.7 Å². The van der Waals surface area contributed by atoms with Crippen LogP contribution >= 0.6 is 0 Å². The number of allylic oxidation sites excluding steroid dienone is 2. The van der Waals surface area contributed by atoms with E-state index in [1.54, 1.807) is 12.3 Å². The lowest BCUT2D eigenvalue weighted by atomic mass is 9.91. The summed E-state index contributed by atoms with van der Waals surface area (Å²) in [5.41, 5.74) is 7.03. The molecule has 2 aliphatic heterocycles. The minimum atomic E-state index is -0.889. The molecule has 2 N–H and O–H groups in total. The Balaban J connectivity index is 2.11. The molecule has 4 heteroatoms. The molecule has 0 saturated heterocycles. The normalized spacial score (nSPS) is 22.6. The number of rotatable bonds is 1. The fourth-order valence-electron chi connectivity index (χ4n) is 2.33. The van der Waals surface area contributed by atoms with E-state index in [2.05, 4.69) is 11.5 Å². The molecule has 2 heterocycles. The first-order valence-electron chi connectivity index (χ1n) is 5.34. The molecule has 0 aromatic heterocycles. The van der Waals surface area contributed by atoms with Crippen LogP contribution in [0, 0.1) is 0 Å². The molecule has 0 bridgehead atoms. The summed E-state index contributed by atoms with van der Waals surface area (Å²) in [7, 11) is 0. The molecule has 3 rings (SSSR count). The molecule has 4 nitrogen and oxygen atoms in total. The standard InChI is InChI=1S/C12H12N2O2/c15-12(16)10-6-9-3-1-2-8-4-5-13-14(7-10)11(8)9/h1,3,6-7,13H,2,4-5H2,(H,15,16). The second kappa shape index (κ2) is 3.35. The number of hydrogen-bond acceptors (Lipinski definition) is 3. The molecular weight excluding hydrogens is 204 g/mol. The highest BCUT2D eigenvalue weighted by Crippen LogP contribution is 2.34. The molecule has 0 amide bonds. The van der Waals surface area contributed by atoms with Crippen LogP contribution in [0.25, 0.3) is 0 Å². The summed E-state index contributed by atoms with van der Waals surface area (Å²) in [5.74, 6) is -0.889. The Kier molecular flexibility index (Phi) is 1.97. The first-order chi connectivity index (χ1) is 7.75. The lowest BCUT2D eigenvalue weighted by molar-refractivity contribution is -0.132. The van der Waals surface area contributed by atoms with Crippen LogP contribution in [0.15, 0.2) is 46.8 Å². The zero-order chi connectivity index (χ0) is 11.1. The Morgan fingerprint density at radius 3 is 3.19 bits per heavy atom. The third-order valence-corrected chi connectivity index (χ3v) is 3.05. The number of carbonyl (C=O) groups is 1. The van der Waals surface area contributed by atoms with Crippen molar-refractivity contribution in [3.63, 3.8) is 0 Å². The lowest BCUT2D eigenvalue weighted by Crippen LogP contribution is -2.41. The lowest BCUT2D eigenvalue weighted by Gasteiger charge is -2.36. The maximum atomic E-state index is 11.0. The minimum absolute atomic E-state index is 0.319. The van der Waals surface area contributed by atoms with Gasteiger partial charge in [-0.2, -0.15) is 0 Å². The monoisotopic (exact) mass is 216 g/mol. The van der Waals surface area contributed by atoms with E-state index in [9.17, 15) is 4.79 Å². The fraction of sp³-hybridized carbons (Fsp3) is 0.250. The van der Waals surface area contributed by atoms with Gasteiger partial charge in [-0.15, -0.1) is 0 Å². The second-order valence-corrected chi connectivity index (χ2v) is 4.08. The van der Waals surface area contributed by atoms with Gasteiger partial charge in [0.05, 0.1) is 11.3 Å². The van der Waals surface area contributed by atoms with Gasteiger partial charge in [0.25, 0.3) is 0 Å². The van der Waals surface area contributed by atoms with E-state index in [0.29, 0.717) is 5.57 Å². The van der Waals surface area contributed by atoms with Crippen molar-refractivity contribution in [1.29, 1.82) is 0 Å². The van der Waals surface area contributed by atoms with E-state index in [1.165, 1.54) is 5.57 Å². The van der Waals surface area contributed by atoms with Gasteiger partial charge in [0.15, 0.2) is 0 Å². The number of aliphatic carboxylic acids is 1. The van der Waals surface area contributed by atoms with Gasteiger partial charge in [-0.1, -0.05) is 12.2 Å². The SMILES string of the molecule is O=C(O)C1=CN2NCCC3=C2C(=C1)C=CC3. The third-order valence-electron chi connectivity index (χ3n) is 3.05. The average Bonchev–Trinajstić information content (AvgIpc) is 2.29. The number of hydrazine groups is 1. The molecule has 0 saturated carbocycles. The molecule has 0 fully saturated rings. The Hall–Kier alpha value is -1.81. The number of carboxylic acid groups (broad SMARTS) is 1. The first kappa shape index (κ1) is 9.42. The molecule has 82 valence electrons. The Bertz CT molecular complexity index is 483. The largest absolute Gasteiger partial charge is 0.478 e. The predicted octanol–water partition coefficient (Wildman–Crippen LogP) is 1.32. The smallest absolute Gasteiger partial charge is 0.337 e. The van der Waals surface area contributed by atoms with E-state index in [4.69, 9.17) is 5.11 Å². The molecule has 16 heavy (non-hydrogen) atoms. The summed E-state index contributed by atoms with van der Waals surface area (Å²) in [4.78, 5) is 11.0. The molecule has 0 aromatic rings. The first-order valence-corrected chi connectivity index (χ1v) is 5.34. The summed E-state index contributed by atoms with van der Waals surface area (Å²) < 4.78 is 0. The highest BCUT2D eigenvalue weighted by atomic mass is 16.4. The summed E-state index contributed by atoms with van der Waals surface area (Å²) in [5, 5.41) is 10.9. The molecule has 0 unspecified atom stereocenters. The van der Waals surface area contributed by atoms with Crippen LogP contribution in [0.3, 0.4) is 0 Å². The van der Waals surface area contributed by atoms with Gasteiger partial charge in [0, 0.05) is 18.3 Å². The van der Waals surface area contributed by atoms with Crippen LogP contribution in [0.1, 0.15) is 12.8 Å². The van der Waals surface area contributed by atoms with Crippen LogP contribution in [-0.2, 0) is 4.79 Å². The van der Waals surface area contributed by atoms with Crippen molar-refractivity contribution < 1.29 is 9.90 Å². The van der Waals surface area contributed by atoms with Gasteiger partial charge < -0.3 is 5.11 Å². The minimum Gasteiger partial charge on any atom is -0.478 e. The maximum absolute atomic E-state index is 11.0. The van der Waals surface area contributed by atoms with Gasteiger partial charge in [0.2, 0.25) is 0 Å². The van der Waals surface area contributed by atoms with Crippen molar-refractivity contribution >= 4 is 5.97 Å². The maximum Gasteiger partial charge on any atom is 0.337 e. The Morgan fingerprint density at radius 1 is 1.50 bits per heavy atom. The van der Waals surface area contributed by atoms with Gasteiger partial charge in [-0.25, -0.2) is 10.2 Å². The van der Waals surface area contributed by atoms with Crippen LogP contribution in [-0.4, -0.2) is 22.6 Å². The van der Waals surface area contributed by atoms with E-state index >= 15 is 0 Å². The zero-order valence-corrected chi connectivity index (χ0v) is 8.73. The molecule has 0 aromatic carbocycles. The molecule has 0 atom stereocenters. The van der Waals surface area contributed by atoms with E-state index in [1.807, 2.05) is 11.1 Å². The van der Waals surface area contributed by atoms with Crippen LogP contribution < -0.4 is 5.43 Å². The van der Waals surface area contributed by atoms with Crippen molar-refractivity contribution in [2.24, 2.45) is 0 Å². The topological polar surface area (TPSA) is 52.6 Å². The molecular formula is C12H12N2O2. The van der Waals surface area contributed by atoms with Crippen molar-refractivity contribution in [1.82, 2.24) is 10.4 Å². The number of nitrogens with one attached hydrogen (secondary N) is 1. The quantitative estimate of drug-likeness (QED) is 0.694. The van der Waals surface area contributed by atoms with Crippen molar-refractivity contribution in [2.75, 3.05) is 6.54 Å². The second-order valence-electron chi connectivity index (χ2n) is 4.08. The average molecular weight is 216 g/mol. The van der Waals surface area contributed by atoms with E-state index < -0.39 is 5.97 Å². The highest BCUT2D eigenvalue weighted by molar-refractivity contribution is 5.91. The van der Waals surface area contributed by atoms with Crippen LogP contribution in [0.5, 0.6) is 0 Å². The summed E-state index contributed by atoms with van der Waals surface area (Å²) in [6.07, 6.45) is 9.48. The van der Waals surface area contributed by atoms with Crippen molar-refractivity contribution in [2.45, 2.75) is 12.8 Å². The molecule has 1 aliphatic carbocycles. The summed E-state index contributed by atoms with van der Waals surface area (Å²) in [6.45, 7) is 0.864. The van der Waals surface area contributed by atoms with Crippen LogP contribution in [0.4, 0.5) is 0 Å². The molecule has 0 radical (unpaired) electrons. The summed E-state index contributed by atoms with van der Waals surface area (Å²) in [6, 6.07) is 0. The number of hydrogen-bond donors (Lipinski definition) is 2. The summed E-state index contributed by atoms with van der Waals surface area (Å²) >= 11 is 0. The number of carboxylic acids is 1. The fourth-order valence-corrected chi connectivity index (χ4v) is 2.33.